The summed E-state index contributed by atoms with van der Waals surface area (Å²) < 4.78 is 6.03. The van der Waals surface area contributed by atoms with Crippen molar-refractivity contribution in [2.45, 2.75) is 6.10 Å². The number of allylic oxidation sites excluding steroid dienone is 2. The molecule has 1 aliphatic carbocycles. The lowest BCUT2D eigenvalue weighted by molar-refractivity contribution is -0.124. The van der Waals surface area contributed by atoms with Crippen molar-refractivity contribution in [1.82, 2.24) is 4.90 Å². The minimum atomic E-state index is -0.157. The second-order valence-electron chi connectivity index (χ2n) is 6.19. The van der Waals surface area contributed by atoms with Gasteiger partial charge in [-0.2, -0.15) is 11.3 Å². The van der Waals surface area contributed by atoms with E-state index < -0.39 is 0 Å². The lowest BCUT2D eigenvalue weighted by Gasteiger charge is -2.11. The van der Waals surface area contributed by atoms with Gasteiger partial charge in [0.1, 0.15) is 11.9 Å². The van der Waals surface area contributed by atoms with Crippen LogP contribution in [0.5, 0.6) is 5.75 Å². The van der Waals surface area contributed by atoms with Crippen LogP contribution < -0.4 is 10.1 Å². The largest absolute Gasteiger partial charge is 0.481 e. The average Bonchev–Trinajstić information content (AvgIpc) is 3.16. The molecule has 1 aromatic heterocycles. The minimum Gasteiger partial charge on any atom is -0.481 e. The Labute approximate surface area is 150 Å². The number of carbonyl (C=O) groups is 1. The lowest BCUT2D eigenvalue weighted by atomic mass is 10.00. The molecule has 0 bridgehead atoms. The Bertz CT molecular complexity index is 908. The van der Waals surface area contributed by atoms with Gasteiger partial charge in [0.15, 0.2) is 0 Å². The molecule has 1 unspecified atom stereocenters. The first-order valence-electron chi connectivity index (χ1n) is 8.04. The third-order valence-electron chi connectivity index (χ3n) is 4.19. The number of hydrogen-bond donors (Lipinski definition) is 1. The molecule has 0 spiro atoms. The molecule has 2 aliphatic rings. The molecule has 4 rings (SSSR count). The fraction of sp³-hybridized carbons (Fsp3) is 0.150. The van der Waals surface area contributed by atoms with Gasteiger partial charge in [0.2, 0.25) is 0 Å². The van der Waals surface area contributed by atoms with E-state index in [1.54, 1.807) is 30.3 Å². The fourth-order valence-corrected chi connectivity index (χ4v) is 3.55. The zero-order chi connectivity index (χ0) is 17.4. The molecule has 5 heteroatoms. The number of nitrogens with zero attached hydrogens (tertiary/aromatic N) is 1. The predicted molar refractivity (Wildman–Crippen MR) is 102 cm³/mol. The van der Waals surface area contributed by atoms with E-state index in [1.807, 2.05) is 47.9 Å². The Morgan fingerprint density at radius 2 is 2.12 bits per heavy atom. The summed E-state index contributed by atoms with van der Waals surface area (Å²) in [5.41, 5.74) is 4.76. The van der Waals surface area contributed by atoms with Gasteiger partial charge in [0.05, 0.1) is 0 Å². The fourth-order valence-electron chi connectivity index (χ4n) is 2.96. The first-order chi connectivity index (χ1) is 12.1. The zero-order valence-electron chi connectivity index (χ0n) is 14.0. The standard InChI is InChI=1S/C20H18N2O2S/c1-22(2)20(23)13-4-3-5-18-16(10-13)17-11-14(6-7-19(17)24-18)21-15-8-9-25-12-15/h3-12,18,21H,1-2H3. The van der Waals surface area contributed by atoms with Crippen LogP contribution in [0.3, 0.4) is 0 Å². The van der Waals surface area contributed by atoms with Crippen molar-refractivity contribution < 1.29 is 9.53 Å². The van der Waals surface area contributed by atoms with Crippen LogP contribution in [0, 0.1) is 0 Å². The smallest absolute Gasteiger partial charge is 0.253 e. The Morgan fingerprint density at radius 1 is 1.24 bits per heavy atom. The van der Waals surface area contributed by atoms with Crippen LogP contribution in [0.25, 0.3) is 5.57 Å². The number of anilines is 2. The van der Waals surface area contributed by atoms with Gasteiger partial charge in [0.25, 0.3) is 5.91 Å². The van der Waals surface area contributed by atoms with Gasteiger partial charge in [-0.3, -0.25) is 4.79 Å². The highest BCUT2D eigenvalue weighted by molar-refractivity contribution is 7.08. The van der Waals surface area contributed by atoms with Gasteiger partial charge < -0.3 is 15.0 Å². The van der Waals surface area contributed by atoms with Crippen LogP contribution in [0.2, 0.25) is 0 Å². The number of hydrogen-bond acceptors (Lipinski definition) is 4. The summed E-state index contributed by atoms with van der Waals surface area (Å²) in [4.78, 5) is 13.9. The van der Waals surface area contributed by atoms with E-state index in [0.29, 0.717) is 5.57 Å². The van der Waals surface area contributed by atoms with E-state index >= 15 is 0 Å². The van der Waals surface area contributed by atoms with Crippen LogP contribution in [-0.2, 0) is 4.79 Å². The highest BCUT2D eigenvalue weighted by Gasteiger charge is 2.29. The molecular formula is C20H18N2O2S. The van der Waals surface area contributed by atoms with Crippen molar-refractivity contribution in [3.05, 3.63) is 70.5 Å². The normalized spacial score (nSPS) is 17.6. The van der Waals surface area contributed by atoms with Crippen molar-refractivity contribution in [3.8, 4) is 5.75 Å². The molecule has 1 aliphatic heterocycles. The number of carbonyl (C=O) groups excluding carboxylic acids is 1. The van der Waals surface area contributed by atoms with Gasteiger partial charge in [-0.25, -0.2) is 0 Å². The number of amides is 1. The maximum Gasteiger partial charge on any atom is 0.253 e. The van der Waals surface area contributed by atoms with Gasteiger partial charge in [0, 0.05) is 47.6 Å². The summed E-state index contributed by atoms with van der Waals surface area (Å²) in [5.74, 6) is 0.828. The molecule has 0 saturated heterocycles. The van der Waals surface area contributed by atoms with Crippen LogP contribution in [-0.4, -0.2) is 31.0 Å². The van der Waals surface area contributed by atoms with E-state index in [0.717, 1.165) is 28.3 Å². The van der Waals surface area contributed by atoms with Gasteiger partial charge >= 0.3 is 0 Å². The first kappa shape index (κ1) is 15.7. The number of ether oxygens (including phenoxy) is 1. The van der Waals surface area contributed by atoms with Crippen LogP contribution >= 0.6 is 11.3 Å². The summed E-state index contributed by atoms with van der Waals surface area (Å²) in [7, 11) is 3.52. The Balaban J connectivity index is 1.71. The van der Waals surface area contributed by atoms with Gasteiger partial charge in [-0.1, -0.05) is 6.08 Å². The van der Waals surface area contributed by atoms with E-state index in [1.165, 1.54) is 0 Å². The minimum absolute atomic E-state index is 0.0150. The highest BCUT2D eigenvalue weighted by atomic mass is 32.1. The van der Waals surface area contributed by atoms with Gasteiger partial charge in [-0.15, -0.1) is 0 Å². The second-order valence-corrected chi connectivity index (χ2v) is 6.97. The topological polar surface area (TPSA) is 41.6 Å². The van der Waals surface area contributed by atoms with Gasteiger partial charge in [-0.05, 0) is 47.9 Å². The molecule has 1 amide bonds. The summed E-state index contributed by atoms with van der Waals surface area (Å²) in [6, 6.07) is 8.11. The molecule has 1 aromatic carbocycles. The molecule has 0 saturated carbocycles. The lowest BCUT2D eigenvalue weighted by Crippen LogP contribution is -2.22. The third-order valence-corrected chi connectivity index (χ3v) is 4.87. The Morgan fingerprint density at radius 3 is 2.88 bits per heavy atom. The summed E-state index contributed by atoms with van der Waals surface area (Å²) in [5, 5.41) is 7.50. The molecule has 4 nitrogen and oxygen atoms in total. The highest BCUT2D eigenvalue weighted by Crippen LogP contribution is 2.41. The molecule has 2 aromatic rings. The van der Waals surface area contributed by atoms with Crippen LogP contribution in [0.1, 0.15) is 5.56 Å². The monoisotopic (exact) mass is 350 g/mol. The maximum absolute atomic E-state index is 12.4. The molecule has 2 heterocycles. The van der Waals surface area contributed by atoms with E-state index in [9.17, 15) is 4.79 Å². The Kier molecular flexibility index (Phi) is 3.93. The van der Waals surface area contributed by atoms with Crippen molar-refractivity contribution >= 4 is 34.2 Å². The average molecular weight is 350 g/mol. The molecule has 126 valence electrons. The number of rotatable bonds is 3. The quantitative estimate of drug-likeness (QED) is 0.901. The first-order valence-corrected chi connectivity index (χ1v) is 8.98. The molecule has 25 heavy (non-hydrogen) atoms. The number of thiophene rings is 1. The summed E-state index contributed by atoms with van der Waals surface area (Å²) in [6.45, 7) is 0. The zero-order valence-corrected chi connectivity index (χ0v) is 14.8. The van der Waals surface area contributed by atoms with Crippen LogP contribution in [0.15, 0.2) is 64.9 Å². The van der Waals surface area contributed by atoms with Crippen molar-refractivity contribution in [2.24, 2.45) is 0 Å². The predicted octanol–water partition coefficient (Wildman–Crippen LogP) is 4.22. The maximum atomic E-state index is 12.4. The molecule has 1 atom stereocenters. The Hall–Kier alpha value is -2.79. The van der Waals surface area contributed by atoms with E-state index in [-0.39, 0.29) is 12.0 Å². The van der Waals surface area contributed by atoms with Crippen molar-refractivity contribution in [1.29, 1.82) is 0 Å². The number of nitrogens with one attached hydrogen (secondary N) is 1. The molecular weight excluding hydrogens is 332 g/mol. The van der Waals surface area contributed by atoms with E-state index in [4.69, 9.17) is 4.74 Å². The van der Waals surface area contributed by atoms with Crippen LogP contribution in [0.4, 0.5) is 11.4 Å². The molecule has 0 fully saturated rings. The molecule has 1 N–H and O–H groups in total. The van der Waals surface area contributed by atoms with Crippen molar-refractivity contribution in [3.63, 3.8) is 0 Å². The summed E-state index contributed by atoms with van der Waals surface area (Å²) in [6.07, 6.45) is 7.49. The van der Waals surface area contributed by atoms with E-state index in [2.05, 4.69) is 16.8 Å². The molecule has 0 radical (unpaired) electrons. The number of fused-ring (bicyclic) bond motifs is 3. The number of benzene rings is 1. The van der Waals surface area contributed by atoms with Crippen molar-refractivity contribution in [2.75, 3.05) is 19.4 Å². The third kappa shape index (κ3) is 2.98. The number of likely N-dealkylation sites (N-methyl/N-ethyl adjacent to an activating group) is 1. The second kappa shape index (κ2) is 6.26. The summed E-state index contributed by atoms with van der Waals surface area (Å²) >= 11 is 1.65. The SMILES string of the molecule is CN(C)C(=O)C1=CC=CC2Oc3ccc(Nc4ccsc4)cc3C2=C1.